The molecule has 2 aromatic carbocycles. The molecule has 0 bridgehead atoms. The third-order valence-electron chi connectivity index (χ3n) is 8.16. The molecule has 1 heterocycles. The van der Waals surface area contributed by atoms with Gasteiger partial charge in [-0.1, -0.05) is 74.9 Å². The zero-order valence-corrected chi connectivity index (χ0v) is 20.2. The van der Waals surface area contributed by atoms with Gasteiger partial charge in [0.1, 0.15) is 5.66 Å². The molecule has 0 aromatic heterocycles. The van der Waals surface area contributed by atoms with Crippen molar-refractivity contribution >= 4 is 23.1 Å². The lowest BCUT2D eigenvalue weighted by molar-refractivity contribution is -0.130. The van der Waals surface area contributed by atoms with Gasteiger partial charge in [0.2, 0.25) is 5.91 Å². The van der Waals surface area contributed by atoms with Crippen LogP contribution in [0.5, 0.6) is 0 Å². The highest BCUT2D eigenvalue weighted by atomic mass is 16.2. The number of Topliss-reactive ketones (excluding diaryl/α,β-unsaturated/α-hetero) is 1. The smallest absolute Gasteiger partial charge is 0.228 e. The summed E-state index contributed by atoms with van der Waals surface area (Å²) in [5.41, 5.74) is 2.98. The lowest BCUT2D eigenvalue weighted by Gasteiger charge is -2.44. The van der Waals surface area contributed by atoms with Gasteiger partial charge in [-0.3, -0.25) is 9.59 Å². The van der Waals surface area contributed by atoms with E-state index in [1.54, 1.807) is 6.92 Å². The summed E-state index contributed by atoms with van der Waals surface area (Å²) in [6, 6.07) is 16.3. The molecular formula is C29H37N3O2. The number of carbonyl (C=O) groups is 2. The zero-order valence-electron chi connectivity index (χ0n) is 20.2. The van der Waals surface area contributed by atoms with Crippen LogP contribution in [0.3, 0.4) is 0 Å². The first-order valence-electron chi connectivity index (χ1n) is 13.1. The van der Waals surface area contributed by atoms with Crippen molar-refractivity contribution in [3.05, 3.63) is 59.7 Å². The predicted molar refractivity (Wildman–Crippen MR) is 137 cm³/mol. The summed E-state index contributed by atoms with van der Waals surface area (Å²) in [7, 11) is 0. The van der Waals surface area contributed by atoms with Gasteiger partial charge in [0.25, 0.3) is 0 Å². The Hall–Kier alpha value is -2.82. The molecule has 0 radical (unpaired) electrons. The van der Waals surface area contributed by atoms with E-state index in [4.69, 9.17) is 0 Å². The Kier molecular flexibility index (Phi) is 6.62. The normalized spacial score (nSPS) is 21.1. The predicted octanol–water partition coefficient (Wildman–Crippen LogP) is 6.23. The summed E-state index contributed by atoms with van der Waals surface area (Å²) < 4.78 is 0. The fourth-order valence-electron chi connectivity index (χ4n) is 6.37. The fraction of sp³-hybridized carbons (Fsp3) is 0.517. The maximum atomic E-state index is 14.2. The van der Waals surface area contributed by atoms with Crippen LogP contribution in [0.2, 0.25) is 0 Å². The molecule has 1 amide bonds. The van der Waals surface area contributed by atoms with Gasteiger partial charge < -0.3 is 16.0 Å². The van der Waals surface area contributed by atoms with E-state index in [1.807, 2.05) is 36.4 Å². The first-order valence-corrected chi connectivity index (χ1v) is 13.1. The molecule has 2 aromatic rings. The van der Waals surface area contributed by atoms with Crippen molar-refractivity contribution in [2.75, 3.05) is 10.6 Å². The van der Waals surface area contributed by atoms with Crippen molar-refractivity contribution in [1.29, 1.82) is 0 Å². The van der Waals surface area contributed by atoms with Crippen molar-refractivity contribution in [3.8, 4) is 0 Å². The Morgan fingerprint density at radius 1 is 0.824 bits per heavy atom. The molecule has 2 saturated carbocycles. The monoisotopic (exact) mass is 459 g/mol. The first kappa shape index (κ1) is 22.9. The van der Waals surface area contributed by atoms with Gasteiger partial charge in [0.15, 0.2) is 5.78 Å². The van der Waals surface area contributed by atoms with Gasteiger partial charge in [-0.2, -0.15) is 0 Å². The summed E-state index contributed by atoms with van der Waals surface area (Å²) in [4.78, 5) is 26.1. The average Bonchev–Trinajstić information content (AvgIpc) is 3.25. The van der Waals surface area contributed by atoms with Gasteiger partial charge in [0, 0.05) is 11.6 Å². The quantitative estimate of drug-likeness (QED) is 0.448. The number of rotatable bonds is 6. The number of benzene rings is 2. The summed E-state index contributed by atoms with van der Waals surface area (Å²) in [6.45, 7) is 1.59. The van der Waals surface area contributed by atoms with Crippen molar-refractivity contribution < 1.29 is 9.59 Å². The highest BCUT2D eigenvalue weighted by Gasteiger charge is 2.52. The van der Waals surface area contributed by atoms with E-state index in [2.05, 4.69) is 28.1 Å². The van der Waals surface area contributed by atoms with E-state index in [0.29, 0.717) is 11.5 Å². The van der Waals surface area contributed by atoms with E-state index in [0.717, 1.165) is 42.6 Å². The molecule has 3 aliphatic rings. The van der Waals surface area contributed by atoms with Crippen LogP contribution < -0.4 is 16.0 Å². The SMILES string of the molecule is CC(=O)c1ccc(C2(C(C(=O)NC3CCCCC3)C3CCCCC3)Nc3ccccc3N2)cc1. The highest BCUT2D eigenvalue weighted by Crippen LogP contribution is 2.48. The van der Waals surface area contributed by atoms with Gasteiger partial charge in [-0.25, -0.2) is 0 Å². The van der Waals surface area contributed by atoms with Crippen molar-refractivity contribution in [2.45, 2.75) is 82.8 Å². The van der Waals surface area contributed by atoms with Crippen LogP contribution in [-0.2, 0) is 10.5 Å². The number of amides is 1. The number of fused-ring (bicyclic) bond motifs is 1. The van der Waals surface area contributed by atoms with Crippen molar-refractivity contribution in [1.82, 2.24) is 5.32 Å². The van der Waals surface area contributed by atoms with Gasteiger partial charge in [-0.05, 0) is 56.2 Å². The van der Waals surface area contributed by atoms with Crippen LogP contribution in [-0.4, -0.2) is 17.7 Å². The zero-order chi connectivity index (χ0) is 23.5. The molecule has 2 aliphatic carbocycles. The lowest BCUT2D eigenvalue weighted by Crippen LogP contribution is -2.56. The Labute approximate surface area is 203 Å². The Morgan fingerprint density at radius 2 is 1.38 bits per heavy atom. The van der Waals surface area contributed by atoms with Crippen LogP contribution in [0.25, 0.3) is 0 Å². The Bertz CT molecular complexity index is 995. The minimum atomic E-state index is -0.750. The number of anilines is 2. The summed E-state index contributed by atoms with van der Waals surface area (Å²) in [6.07, 6.45) is 11.5. The Balaban J connectivity index is 1.56. The van der Waals surface area contributed by atoms with Crippen LogP contribution in [0.4, 0.5) is 11.4 Å². The first-order chi connectivity index (χ1) is 16.6. The second-order valence-corrected chi connectivity index (χ2v) is 10.5. The number of hydrogen-bond acceptors (Lipinski definition) is 4. The summed E-state index contributed by atoms with van der Waals surface area (Å²) in [5, 5.41) is 11.0. The maximum absolute atomic E-state index is 14.2. The van der Waals surface area contributed by atoms with Gasteiger partial charge >= 0.3 is 0 Å². The maximum Gasteiger partial charge on any atom is 0.228 e. The molecule has 34 heavy (non-hydrogen) atoms. The van der Waals surface area contributed by atoms with E-state index in [-0.39, 0.29) is 23.7 Å². The molecule has 0 saturated heterocycles. The molecule has 5 heteroatoms. The second-order valence-electron chi connectivity index (χ2n) is 10.5. The van der Waals surface area contributed by atoms with Crippen LogP contribution >= 0.6 is 0 Å². The van der Waals surface area contributed by atoms with Crippen LogP contribution in [0.15, 0.2) is 48.5 Å². The average molecular weight is 460 g/mol. The summed E-state index contributed by atoms with van der Waals surface area (Å²) in [5.74, 6) is 0.238. The number of hydrogen-bond donors (Lipinski definition) is 3. The van der Waals surface area contributed by atoms with E-state index < -0.39 is 5.66 Å². The van der Waals surface area contributed by atoms with Gasteiger partial charge in [0.05, 0.1) is 17.3 Å². The molecule has 1 unspecified atom stereocenters. The number of ketones is 1. The number of para-hydroxylation sites is 2. The molecule has 3 N–H and O–H groups in total. The third kappa shape index (κ3) is 4.45. The molecule has 5 rings (SSSR count). The fourth-order valence-corrected chi connectivity index (χ4v) is 6.37. The van der Waals surface area contributed by atoms with E-state index in [1.165, 1.54) is 38.5 Å². The molecule has 2 fully saturated rings. The Morgan fingerprint density at radius 3 is 1.94 bits per heavy atom. The molecule has 1 aliphatic heterocycles. The van der Waals surface area contributed by atoms with Crippen molar-refractivity contribution in [3.63, 3.8) is 0 Å². The molecule has 180 valence electrons. The molecule has 0 spiro atoms. The van der Waals surface area contributed by atoms with Crippen molar-refractivity contribution in [2.24, 2.45) is 11.8 Å². The minimum absolute atomic E-state index is 0.0510. The second kappa shape index (κ2) is 9.81. The number of nitrogens with one attached hydrogen (secondary N) is 3. The van der Waals surface area contributed by atoms with Crippen LogP contribution in [0.1, 0.15) is 87.1 Å². The number of carbonyl (C=O) groups excluding carboxylic acids is 2. The lowest BCUT2D eigenvalue weighted by atomic mass is 9.71. The standard InChI is InChI=1S/C29H37N3O2/c1-20(33)21-16-18-23(19-17-21)29(31-25-14-8-9-15-26(25)32-29)27(22-10-4-2-5-11-22)28(34)30-24-12-6-3-7-13-24/h8-9,14-19,22,24,27,31-32H,2-7,10-13H2,1H3,(H,30,34). The third-order valence-corrected chi connectivity index (χ3v) is 8.16. The molecule has 5 nitrogen and oxygen atoms in total. The summed E-state index contributed by atoms with van der Waals surface area (Å²) >= 11 is 0. The largest absolute Gasteiger partial charge is 0.357 e. The van der Waals surface area contributed by atoms with Gasteiger partial charge in [-0.15, -0.1) is 0 Å². The molecular weight excluding hydrogens is 422 g/mol. The highest BCUT2D eigenvalue weighted by molar-refractivity contribution is 5.94. The minimum Gasteiger partial charge on any atom is -0.357 e. The topological polar surface area (TPSA) is 70.2 Å². The van der Waals surface area contributed by atoms with Crippen LogP contribution in [0, 0.1) is 11.8 Å². The molecule has 1 atom stereocenters. The van der Waals surface area contributed by atoms with E-state index >= 15 is 0 Å². The van der Waals surface area contributed by atoms with E-state index in [9.17, 15) is 9.59 Å².